The lowest BCUT2D eigenvalue weighted by Crippen LogP contribution is -2.43. The highest BCUT2D eigenvalue weighted by Gasteiger charge is 2.30. The zero-order valence-electron chi connectivity index (χ0n) is 9.63. The standard InChI is InChI=1S/C11H16N2O4/c14-8-9-1-3-12(4-2-9)7-10(15)13-5-6-17-11(13)16/h8-9H,1-7H2. The average Bonchev–Trinajstić information content (AvgIpc) is 2.76. The molecule has 0 atom stereocenters. The second-order valence-electron chi connectivity index (χ2n) is 4.41. The van der Waals surface area contributed by atoms with Crippen LogP contribution in [0.5, 0.6) is 0 Å². The van der Waals surface area contributed by atoms with Gasteiger partial charge in [0.15, 0.2) is 0 Å². The van der Waals surface area contributed by atoms with Gasteiger partial charge in [-0.25, -0.2) is 9.69 Å². The smallest absolute Gasteiger partial charge is 0.416 e. The first-order valence-electron chi connectivity index (χ1n) is 5.85. The second kappa shape index (κ2) is 5.27. The van der Waals surface area contributed by atoms with Crippen LogP contribution in [0.3, 0.4) is 0 Å². The van der Waals surface area contributed by atoms with Crippen molar-refractivity contribution in [2.45, 2.75) is 12.8 Å². The molecule has 0 unspecified atom stereocenters. The maximum absolute atomic E-state index is 11.8. The molecule has 0 bridgehead atoms. The second-order valence-corrected chi connectivity index (χ2v) is 4.41. The molecule has 2 heterocycles. The number of hydrogen-bond donors (Lipinski definition) is 0. The highest BCUT2D eigenvalue weighted by atomic mass is 16.6. The average molecular weight is 240 g/mol. The summed E-state index contributed by atoms with van der Waals surface area (Å²) in [5, 5.41) is 0. The van der Waals surface area contributed by atoms with Gasteiger partial charge < -0.3 is 9.53 Å². The Hall–Kier alpha value is -1.43. The number of carbonyl (C=O) groups is 3. The molecule has 0 aromatic heterocycles. The number of hydrogen-bond acceptors (Lipinski definition) is 5. The van der Waals surface area contributed by atoms with Gasteiger partial charge in [0.1, 0.15) is 12.9 Å². The molecule has 2 rings (SSSR count). The SMILES string of the molecule is O=CC1CCN(CC(=O)N2CCOC2=O)CC1. The Morgan fingerprint density at radius 1 is 1.35 bits per heavy atom. The maximum atomic E-state index is 11.8. The van der Waals surface area contributed by atoms with E-state index in [9.17, 15) is 14.4 Å². The zero-order valence-corrected chi connectivity index (χ0v) is 9.63. The Morgan fingerprint density at radius 3 is 2.59 bits per heavy atom. The van der Waals surface area contributed by atoms with E-state index in [-0.39, 0.29) is 25.0 Å². The molecule has 0 aromatic rings. The summed E-state index contributed by atoms with van der Waals surface area (Å²) in [7, 11) is 0. The summed E-state index contributed by atoms with van der Waals surface area (Å²) in [6, 6.07) is 0. The van der Waals surface area contributed by atoms with Gasteiger partial charge in [0.2, 0.25) is 5.91 Å². The van der Waals surface area contributed by atoms with Crippen LogP contribution in [-0.4, -0.2) is 60.9 Å². The molecule has 17 heavy (non-hydrogen) atoms. The van der Waals surface area contributed by atoms with E-state index in [1.807, 2.05) is 4.90 Å². The molecule has 0 N–H and O–H groups in total. The molecule has 6 heteroatoms. The van der Waals surface area contributed by atoms with E-state index in [0.29, 0.717) is 6.54 Å². The summed E-state index contributed by atoms with van der Waals surface area (Å²) >= 11 is 0. The highest BCUT2D eigenvalue weighted by molar-refractivity contribution is 5.94. The zero-order chi connectivity index (χ0) is 12.3. The van der Waals surface area contributed by atoms with Gasteiger partial charge in [-0.1, -0.05) is 0 Å². The molecule has 0 aliphatic carbocycles. The van der Waals surface area contributed by atoms with Gasteiger partial charge >= 0.3 is 6.09 Å². The molecule has 6 nitrogen and oxygen atoms in total. The Bertz CT molecular complexity index is 323. The first-order valence-corrected chi connectivity index (χ1v) is 5.85. The van der Waals surface area contributed by atoms with Crippen molar-refractivity contribution < 1.29 is 19.1 Å². The van der Waals surface area contributed by atoms with Crippen molar-refractivity contribution in [1.82, 2.24) is 9.80 Å². The van der Waals surface area contributed by atoms with Crippen LogP contribution in [0.25, 0.3) is 0 Å². The van der Waals surface area contributed by atoms with Gasteiger partial charge in [-0.3, -0.25) is 9.69 Å². The minimum absolute atomic E-state index is 0.123. The quantitative estimate of drug-likeness (QED) is 0.643. The highest BCUT2D eigenvalue weighted by Crippen LogP contribution is 2.15. The van der Waals surface area contributed by atoms with E-state index < -0.39 is 6.09 Å². The topological polar surface area (TPSA) is 66.9 Å². The van der Waals surface area contributed by atoms with Crippen LogP contribution >= 0.6 is 0 Å². The summed E-state index contributed by atoms with van der Waals surface area (Å²) in [5.74, 6) is -0.0878. The number of rotatable bonds is 3. The molecule has 2 fully saturated rings. The summed E-state index contributed by atoms with van der Waals surface area (Å²) in [6.07, 6.45) is 2.03. The van der Waals surface area contributed by atoms with Gasteiger partial charge in [-0.15, -0.1) is 0 Å². The maximum Gasteiger partial charge on any atom is 0.416 e. The number of cyclic esters (lactones) is 1. The summed E-state index contributed by atoms with van der Waals surface area (Å²) in [6.45, 7) is 2.34. The van der Waals surface area contributed by atoms with Gasteiger partial charge in [0.05, 0.1) is 13.1 Å². The number of carbonyl (C=O) groups excluding carboxylic acids is 3. The largest absolute Gasteiger partial charge is 0.447 e. The van der Waals surface area contributed by atoms with Crippen LogP contribution in [0, 0.1) is 5.92 Å². The molecule has 2 amide bonds. The third kappa shape index (κ3) is 2.82. The molecule has 0 radical (unpaired) electrons. The van der Waals surface area contributed by atoms with Crippen molar-refractivity contribution in [3.8, 4) is 0 Å². The number of ether oxygens (including phenoxy) is 1. The Labute approximate surface area is 99.5 Å². The molecule has 0 saturated carbocycles. The minimum atomic E-state index is -0.544. The van der Waals surface area contributed by atoms with Gasteiger partial charge in [0, 0.05) is 5.92 Å². The number of likely N-dealkylation sites (tertiary alicyclic amines) is 1. The van der Waals surface area contributed by atoms with Crippen molar-refractivity contribution in [1.29, 1.82) is 0 Å². The number of piperidine rings is 1. The predicted octanol–water partition coefficient (Wildman–Crippen LogP) is -0.124. The van der Waals surface area contributed by atoms with E-state index in [1.165, 1.54) is 0 Å². The number of aldehydes is 1. The van der Waals surface area contributed by atoms with E-state index in [0.717, 1.165) is 37.1 Å². The van der Waals surface area contributed by atoms with Gasteiger partial charge in [-0.05, 0) is 25.9 Å². The van der Waals surface area contributed by atoms with Crippen molar-refractivity contribution in [3.63, 3.8) is 0 Å². The van der Waals surface area contributed by atoms with E-state index in [2.05, 4.69) is 0 Å². The molecule has 2 saturated heterocycles. The van der Waals surface area contributed by atoms with Crippen LogP contribution in [0.15, 0.2) is 0 Å². The monoisotopic (exact) mass is 240 g/mol. The summed E-state index contributed by atoms with van der Waals surface area (Å²) in [5.41, 5.74) is 0. The van der Waals surface area contributed by atoms with Crippen molar-refractivity contribution in [3.05, 3.63) is 0 Å². The van der Waals surface area contributed by atoms with E-state index in [4.69, 9.17) is 4.74 Å². The third-order valence-electron chi connectivity index (χ3n) is 3.25. The number of amides is 2. The van der Waals surface area contributed by atoms with Crippen molar-refractivity contribution >= 4 is 18.3 Å². The minimum Gasteiger partial charge on any atom is -0.447 e. The first kappa shape index (κ1) is 12.0. The molecule has 0 spiro atoms. The van der Waals surface area contributed by atoms with Crippen LogP contribution in [0.4, 0.5) is 4.79 Å². The molecule has 2 aliphatic heterocycles. The predicted molar refractivity (Wildman–Crippen MR) is 58.3 cm³/mol. The molecular weight excluding hydrogens is 224 g/mol. The van der Waals surface area contributed by atoms with E-state index >= 15 is 0 Å². The Balaban J connectivity index is 1.79. The fourth-order valence-electron chi connectivity index (χ4n) is 2.14. The van der Waals surface area contributed by atoms with Crippen LogP contribution in [0.1, 0.15) is 12.8 Å². The summed E-state index contributed by atoms with van der Waals surface area (Å²) < 4.78 is 4.71. The van der Waals surface area contributed by atoms with Gasteiger partial charge in [0.25, 0.3) is 0 Å². The fourth-order valence-corrected chi connectivity index (χ4v) is 2.14. The summed E-state index contributed by atoms with van der Waals surface area (Å²) in [4.78, 5) is 36.7. The number of imide groups is 1. The molecular formula is C11H16N2O4. The Kier molecular flexibility index (Phi) is 3.73. The first-order chi connectivity index (χ1) is 8.20. The fraction of sp³-hybridized carbons (Fsp3) is 0.727. The normalized spacial score (nSPS) is 22.6. The van der Waals surface area contributed by atoms with Crippen molar-refractivity contribution in [2.24, 2.45) is 5.92 Å². The lowest BCUT2D eigenvalue weighted by atomic mass is 9.99. The van der Waals surface area contributed by atoms with Crippen LogP contribution in [0.2, 0.25) is 0 Å². The molecule has 0 aromatic carbocycles. The molecule has 94 valence electrons. The number of nitrogens with zero attached hydrogens (tertiary/aromatic N) is 2. The third-order valence-corrected chi connectivity index (χ3v) is 3.25. The lowest BCUT2D eigenvalue weighted by molar-refractivity contribution is -0.129. The lowest BCUT2D eigenvalue weighted by Gasteiger charge is -2.29. The Morgan fingerprint density at radius 2 is 2.06 bits per heavy atom. The molecule has 2 aliphatic rings. The van der Waals surface area contributed by atoms with E-state index in [1.54, 1.807) is 0 Å². The van der Waals surface area contributed by atoms with Crippen LogP contribution < -0.4 is 0 Å². The van der Waals surface area contributed by atoms with Gasteiger partial charge in [-0.2, -0.15) is 0 Å². The van der Waals surface area contributed by atoms with Crippen LogP contribution in [-0.2, 0) is 14.3 Å². The van der Waals surface area contributed by atoms with Crippen molar-refractivity contribution in [2.75, 3.05) is 32.8 Å².